The first-order chi connectivity index (χ1) is 13.2. The van der Waals surface area contributed by atoms with Gasteiger partial charge in [-0.1, -0.05) is 6.07 Å². The molecule has 1 N–H and O–H groups in total. The Kier molecular flexibility index (Phi) is 7.73. The van der Waals surface area contributed by atoms with Crippen LogP contribution in [-0.4, -0.2) is 25.7 Å². The van der Waals surface area contributed by atoms with Gasteiger partial charge >= 0.3 is 0 Å². The zero-order valence-electron chi connectivity index (χ0n) is 15.4. The first kappa shape index (κ1) is 19.9. The molecule has 0 spiro atoms. The van der Waals surface area contributed by atoms with Crippen molar-refractivity contribution in [3.63, 3.8) is 0 Å². The van der Waals surface area contributed by atoms with Gasteiger partial charge in [-0.05, 0) is 61.9 Å². The first-order valence-electron chi connectivity index (χ1n) is 8.64. The van der Waals surface area contributed by atoms with E-state index in [-0.39, 0.29) is 12.5 Å². The average Bonchev–Trinajstić information content (AvgIpc) is 2.68. The summed E-state index contributed by atoms with van der Waals surface area (Å²) in [6.07, 6.45) is 3.16. The first-order valence-corrected chi connectivity index (χ1v) is 8.64. The van der Waals surface area contributed by atoms with Crippen LogP contribution in [0.4, 0.5) is 5.69 Å². The van der Waals surface area contributed by atoms with Crippen LogP contribution in [0.1, 0.15) is 19.4 Å². The van der Waals surface area contributed by atoms with Gasteiger partial charge in [0.2, 0.25) is 5.91 Å². The van der Waals surface area contributed by atoms with Crippen LogP contribution in [0.5, 0.6) is 17.2 Å². The Morgan fingerprint density at radius 2 is 1.74 bits per heavy atom. The van der Waals surface area contributed by atoms with Gasteiger partial charge in [-0.2, -0.15) is 5.26 Å². The molecule has 1 amide bonds. The molecule has 0 atom stereocenters. The van der Waals surface area contributed by atoms with Crippen molar-refractivity contribution in [1.82, 2.24) is 0 Å². The number of hydrogen-bond acceptors (Lipinski definition) is 5. The number of rotatable bonds is 9. The van der Waals surface area contributed by atoms with E-state index in [4.69, 9.17) is 19.5 Å². The van der Waals surface area contributed by atoms with Crippen molar-refractivity contribution < 1.29 is 19.0 Å². The molecule has 0 radical (unpaired) electrons. The quantitative estimate of drug-likeness (QED) is 0.678. The molecule has 0 saturated carbocycles. The molecule has 140 valence electrons. The summed E-state index contributed by atoms with van der Waals surface area (Å²) in [4.78, 5) is 12.1. The van der Waals surface area contributed by atoms with E-state index in [2.05, 4.69) is 5.32 Å². The molecule has 6 nitrogen and oxygen atoms in total. The van der Waals surface area contributed by atoms with E-state index < -0.39 is 0 Å². The van der Waals surface area contributed by atoms with Crippen LogP contribution < -0.4 is 19.5 Å². The van der Waals surface area contributed by atoms with Gasteiger partial charge in [-0.3, -0.25) is 4.79 Å². The molecule has 0 aliphatic heterocycles. The lowest BCUT2D eigenvalue weighted by Gasteiger charge is -2.11. The summed E-state index contributed by atoms with van der Waals surface area (Å²) in [7, 11) is 0. The molecule has 0 bridgehead atoms. The fraction of sp³-hybridized carbons (Fsp3) is 0.238. The molecular weight excluding hydrogens is 344 g/mol. The highest BCUT2D eigenvalue weighted by Crippen LogP contribution is 2.29. The number of benzene rings is 2. The lowest BCUT2D eigenvalue weighted by atomic mass is 10.2. The Bertz CT molecular complexity index is 823. The number of carbonyl (C=O) groups excluding carboxylic acids is 1. The van der Waals surface area contributed by atoms with Gasteiger partial charge in [0.1, 0.15) is 11.8 Å². The molecule has 6 heteroatoms. The third-order valence-electron chi connectivity index (χ3n) is 3.42. The van der Waals surface area contributed by atoms with Gasteiger partial charge in [-0.25, -0.2) is 0 Å². The third kappa shape index (κ3) is 6.40. The largest absolute Gasteiger partial charge is 0.490 e. The maximum Gasteiger partial charge on any atom is 0.248 e. The maximum absolute atomic E-state index is 12.1. The minimum atomic E-state index is -0.257. The van der Waals surface area contributed by atoms with Gasteiger partial charge in [0.05, 0.1) is 13.2 Å². The van der Waals surface area contributed by atoms with E-state index in [1.807, 2.05) is 38.1 Å². The van der Waals surface area contributed by atoms with Crippen molar-refractivity contribution in [2.45, 2.75) is 13.8 Å². The van der Waals surface area contributed by atoms with E-state index >= 15 is 0 Å². The third-order valence-corrected chi connectivity index (χ3v) is 3.42. The van der Waals surface area contributed by atoms with Crippen molar-refractivity contribution in [3.8, 4) is 23.3 Å². The van der Waals surface area contributed by atoms with Gasteiger partial charge < -0.3 is 19.5 Å². The minimum Gasteiger partial charge on any atom is -0.490 e. The Morgan fingerprint density at radius 3 is 2.41 bits per heavy atom. The molecule has 0 fully saturated rings. The molecule has 2 aromatic carbocycles. The van der Waals surface area contributed by atoms with Crippen LogP contribution in [0, 0.1) is 11.3 Å². The standard InChI is InChI=1S/C21H22N2O4/c1-3-25-19-11-5-16(15-20(19)26-4-2)6-12-21(24)23-17-7-9-18(10-8-17)27-14-13-22/h5-12,15H,3-4,14H2,1-2H3,(H,23,24)/b12-6+. The van der Waals surface area contributed by atoms with Gasteiger partial charge in [0.25, 0.3) is 0 Å². The lowest BCUT2D eigenvalue weighted by molar-refractivity contribution is -0.111. The molecule has 0 aromatic heterocycles. The lowest BCUT2D eigenvalue weighted by Crippen LogP contribution is -2.07. The second-order valence-corrected chi connectivity index (χ2v) is 5.37. The second-order valence-electron chi connectivity index (χ2n) is 5.37. The normalized spacial score (nSPS) is 10.3. The molecule has 0 unspecified atom stereocenters. The highest BCUT2D eigenvalue weighted by molar-refractivity contribution is 6.01. The Labute approximate surface area is 159 Å². The number of nitrogens with one attached hydrogen (secondary N) is 1. The van der Waals surface area contributed by atoms with Crippen LogP contribution in [0.25, 0.3) is 6.08 Å². The summed E-state index contributed by atoms with van der Waals surface area (Å²) in [5.41, 5.74) is 1.47. The SMILES string of the molecule is CCOc1ccc(/C=C/C(=O)Nc2ccc(OCC#N)cc2)cc1OCC. The fourth-order valence-corrected chi connectivity index (χ4v) is 2.28. The maximum atomic E-state index is 12.1. The molecule has 0 aliphatic carbocycles. The molecule has 27 heavy (non-hydrogen) atoms. The molecule has 2 rings (SSSR count). The van der Waals surface area contributed by atoms with Gasteiger partial charge in [0.15, 0.2) is 18.1 Å². The van der Waals surface area contributed by atoms with Crippen molar-refractivity contribution in [2.24, 2.45) is 0 Å². The monoisotopic (exact) mass is 366 g/mol. The van der Waals surface area contributed by atoms with E-state index in [1.165, 1.54) is 6.08 Å². The summed E-state index contributed by atoms with van der Waals surface area (Å²) in [5, 5.41) is 11.3. The summed E-state index contributed by atoms with van der Waals surface area (Å²) in [6.45, 7) is 4.89. The number of amides is 1. The summed E-state index contributed by atoms with van der Waals surface area (Å²) in [6, 6.07) is 14.2. The van der Waals surface area contributed by atoms with Crippen LogP contribution in [0.15, 0.2) is 48.5 Å². The second kappa shape index (κ2) is 10.5. The van der Waals surface area contributed by atoms with Gasteiger partial charge in [0, 0.05) is 11.8 Å². The highest BCUT2D eigenvalue weighted by atomic mass is 16.5. The Morgan fingerprint density at radius 1 is 1.04 bits per heavy atom. The number of carbonyl (C=O) groups is 1. The van der Waals surface area contributed by atoms with Crippen LogP contribution in [0.2, 0.25) is 0 Å². The van der Waals surface area contributed by atoms with E-state index in [9.17, 15) is 4.79 Å². The summed E-state index contributed by atoms with van der Waals surface area (Å²) < 4.78 is 16.3. The number of anilines is 1. The molecule has 2 aromatic rings. The highest BCUT2D eigenvalue weighted by Gasteiger charge is 2.05. The van der Waals surface area contributed by atoms with Crippen LogP contribution in [0.3, 0.4) is 0 Å². The smallest absolute Gasteiger partial charge is 0.248 e. The van der Waals surface area contributed by atoms with Crippen LogP contribution >= 0.6 is 0 Å². The Hall–Kier alpha value is -3.46. The number of hydrogen-bond donors (Lipinski definition) is 1. The predicted octanol–water partition coefficient (Wildman–Crippen LogP) is 4.04. The number of nitriles is 1. The van der Waals surface area contributed by atoms with Crippen molar-refractivity contribution in [1.29, 1.82) is 5.26 Å². The van der Waals surface area contributed by atoms with Gasteiger partial charge in [-0.15, -0.1) is 0 Å². The zero-order valence-corrected chi connectivity index (χ0v) is 15.4. The van der Waals surface area contributed by atoms with Crippen molar-refractivity contribution in [2.75, 3.05) is 25.1 Å². The minimum absolute atomic E-state index is 0.0136. The molecule has 0 aliphatic rings. The molecular formula is C21H22N2O4. The number of nitrogens with zero attached hydrogens (tertiary/aromatic N) is 1. The van der Waals surface area contributed by atoms with E-state index in [0.29, 0.717) is 36.1 Å². The number of ether oxygens (including phenoxy) is 3. The van der Waals surface area contributed by atoms with E-state index in [1.54, 1.807) is 30.3 Å². The summed E-state index contributed by atoms with van der Waals surface area (Å²) in [5.74, 6) is 1.64. The predicted molar refractivity (Wildman–Crippen MR) is 104 cm³/mol. The Balaban J connectivity index is 1.99. The molecule has 0 heterocycles. The fourth-order valence-electron chi connectivity index (χ4n) is 2.28. The van der Waals surface area contributed by atoms with Crippen molar-refractivity contribution in [3.05, 3.63) is 54.1 Å². The molecule has 0 saturated heterocycles. The average molecular weight is 366 g/mol. The van der Waals surface area contributed by atoms with Crippen LogP contribution in [-0.2, 0) is 4.79 Å². The van der Waals surface area contributed by atoms with E-state index in [0.717, 1.165) is 5.56 Å². The topological polar surface area (TPSA) is 80.6 Å². The summed E-state index contributed by atoms with van der Waals surface area (Å²) >= 11 is 0. The zero-order chi connectivity index (χ0) is 19.5. The van der Waals surface area contributed by atoms with Crippen molar-refractivity contribution >= 4 is 17.7 Å².